The summed E-state index contributed by atoms with van der Waals surface area (Å²) in [7, 11) is -3.78. The van der Waals surface area contributed by atoms with Crippen LogP contribution in [-0.2, 0) is 10.0 Å². The summed E-state index contributed by atoms with van der Waals surface area (Å²) in [5, 5.41) is 8.89. The van der Waals surface area contributed by atoms with Crippen molar-refractivity contribution in [3.63, 3.8) is 0 Å². The van der Waals surface area contributed by atoms with E-state index in [2.05, 4.69) is 16.6 Å². The fraction of sp³-hybridized carbons (Fsp3) is 0.636. The number of aromatic nitrogens is 1. The van der Waals surface area contributed by atoms with Gasteiger partial charge in [-0.3, -0.25) is 0 Å². The molecule has 1 aliphatic rings. The number of aromatic carboxylic acids is 1. The van der Waals surface area contributed by atoms with E-state index in [9.17, 15) is 13.2 Å². The first kappa shape index (κ1) is 14.4. The Morgan fingerprint density at radius 3 is 2.79 bits per heavy atom. The quantitative estimate of drug-likeness (QED) is 0.799. The number of hydrogen-bond acceptors (Lipinski definition) is 5. The fourth-order valence-electron chi connectivity index (χ4n) is 2.10. The standard InChI is InChI=1S/C11H16N2O4S2/c1-2-3-11(4-5-11)6-13-19(16,17)10-8(9(14)15)12-7-18-10/h7,13H,2-6H2,1H3,(H,14,15). The average molecular weight is 304 g/mol. The Balaban J connectivity index is 2.10. The fourth-order valence-corrected chi connectivity index (χ4v) is 4.44. The molecule has 0 aromatic carbocycles. The van der Waals surface area contributed by atoms with E-state index in [1.165, 1.54) is 5.51 Å². The van der Waals surface area contributed by atoms with Crippen molar-refractivity contribution in [2.45, 2.75) is 36.8 Å². The van der Waals surface area contributed by atoms with Crippen LogP contribution in [0.15, 0.2) is 9.72 Å². The van der Waals surface area contributed by atoms with Crippen LogP contribution in [0.1, 0.15) is 43.1 Å². The van der Waals surface area contributed by atoms with E-state index in [-0.39, 0.29) is 9.62 Å². The normalized spacial score (nSPS) is 17.3. The number of carbonyl (C=O) groups is 1. The first-order valence-electron chi connectivity index (χ1n) is 6.07. The highest BCUT2D eigenvalue weighted by Crippen LogP contribution is 2.49. The third-order valence-electron chi connectivity index (χ3n) is 3.36. The van der Waals surface area contributed by atoms with Crippen molar-refractivity contribution in [3.05, 3.63) is 11.2 Å². The van der Waals surface area contributed by atoms with Crippen molar-refractivity contribution in [2.75, 3.05) is 6.54 Å². The second-order valence-corrected chi connectivity index (χ2v) is 7.69. The third-order valence-corrected chi connectivity index (χ3v) is 6.13. The molecule has 0 atom stereocenters. The van der Waals surface area contributed by atoms with E-state index in [1.807, 2.05) is 0 Å². The molecule has 6 nitrogen and oxygen atoms in total. The number of nitrogens with zero attached hydrogens (tertiary/aromatic N) is 1. The molecule has 8 heteroatoms. The zero-order valence-electron chi connectivity index (χ0n) is 10.5. The maximum Gasteiger partial charge on any atom is 0.356 e. The van der Waals surface area contributed by atoms with Crippen molar-refractivity contribution in [2.24, 2.45) is 5.41 Å². The molecule has 0 radical (unpaired) electrons. The molecular formula is C11H16N2O4S2. The highest BCUT2D eigenvalue weighted by atomic mass is 32.2. The molecule has 2 rings (SSSR count). The van der Waals surface area contributed by atoms with Gasteiger partial charge in [0, 0.05) is 6.54 Å². The first-order chi connectivity index (χ1) is 8.90. The summed E-state index contributed by atoms with van der Waals surface area (Å²) >= 11 is 0.827. The molecule has 1 fully saturated rings. The van der Waals surface area contributed by atoms with Gasteiger partial charge in [0.2, 0.25) is 0 Å². The van der Waals surface area contributed by atoms with E-state index in [0.29, 0.717) is 6.54 Å². The molecule has 0 aliphatic heterocycles. The Morgan fingerprint density at radius 1 is 1.58 bits per heavy atom. The monoisotopic (exact) mass is 304 g/mol. The molecule has 0 saturated heterocycles. The van der Waals surface area contributed by atoms with Crippen LogP contribution >= 0.6 is 11.3 Å². The summed E-state index contributed by atoms with van der Waals surface area (Å²) < 4.78 is 26.5. The zero-order chi connectivity index (χ0) is 14.1. The molecule has 1 heterocycles. The maximum absolute atomic E-state index is 12.1. The Hall–Kier alpha value is -0.990. The lowest BCUT2D eigenvalue weighted by Gasteiger charge is -2.14. The molecule has 1 aromatic rings. The molecule has 0 amide bonds. The predicted molar refractivity (Wildman–Crippen MR) is 70.8 cm³/mol. The Morgan fingerprint density at radius 2 is 2.26 bits per heavy atom. The number of carboxylic acids is 1. The van der Waals surface area contributed by atoms with Crippen LogP contribution in [0.2, 0.25) is 0 Å². The van der Waals surface area contributed by atoms with Gasteiger partial charge in [0.25, 0.3) is 10.0 Å². The van der Waals surface area contributed by atoms with Gasteiger partial charge in [-0.05, 0) is 24.7 Å². The van der Waals surface area contributed by atoms with Crippen LogP contribution in [0.3, 0.4) is 0 Å². The van der Waals surface area contributed by atoms with E-state index >= 15 is 0 Å². The summed E-state index contributed by atoms with van der Waals surface area (Å²) in [6.45, 7) is 2.44. The van der Waals surface area contributed by atoms with Gasteiger partial charge in [0.15, 0.2) is 9.90 Å². The summed E-state index contributed by atoms with van der Waals surface area (Å²) in [4.78, 5) is 14.5. The van der Waals surface area contributed by atoms with Crippen LogP contribution in [-0.4, -0.2) is 31.0 Å². The summed E-state index contributed by atoms with van der Waals surface area (Å²) in [5.41, 5.74) is 0.908. The highest BCUT2D eigenvalue weighted by molar-refractivity contribution is 7.91. The van der Waals surface area contributed by atoms with Crippen molar-refractivity contribution >= 4 is 27.3 Å². The van der Waals surface area contributed by atoms with Gasteiger partial charge in [0.1, 0.15) is 0 Å². The third kappa shape index (κ3) is 3.13. The minimum Gasteiger partial charge on any atom is -0.476 e. The topological polar surface area (TPSA) is 96.4 Å². The first-order valence-corrected chi connectivity index (χ1v) is 8.43. The van der Waals surface area contributed by atoms with Crippen molar-refractivity contribution in [3.8, 4) is 0 Å². The number of hydrogen-bond donors (Lipinski definition) is 2. The summed E-state index contributed by atoms with van der Waals surface area (Å²) in [6, 6.07) is 0. The van der Waals surface area contributed by atoms with Gasteiger partial charge >= 0.3 is 5.97 Å². The van der Waals surface area contributed by atoms with Gasteiger partial charge in [-0.15, -0.1) is 11.3 Å². The second kappa shape index (κ2) is 5.18. The average Bonchev–Trinajstić information content (AvgIpc) is 2.92. The van der Waals surface area contributed by atoms with Crippen LogP contribution in [0.4, 0.5) is 0 Å². The molecule has 1 aromatic heterocycles. The molecule has 106 valence electrons. The summed E-state index contributed by atoms with van der Waals surface area (Å²) in [6.07, 6.45) is 4.06. The van der Waals surface area contributed by atoms with Crippen LogP contribution in [0.5, 0.6) is 0 Å². The Bertz CT molecular complexity index is 575. The lowest BCUT2D eigenvalue weighted by molar-refractivity contribution is 0.0687. The molecule has 1 aliphatic carbocycles. The highest BCUT2D eigenvalue weighted by Gasteiger charge is 2.42. The van der Waals surface area contributed by atoms with Crippen molar-refractivity contribution in [1.29, 1.82) is 0 Å². The Labute approximate surface area is 115 Å². The van der Waals surface area contributed by atoms with Gasteiger partial charge in [-0.2, -0.15) is 0 Å². The Kier molecular flexibility index (Phi) is 3.93. The van der Waals surface area contributed by atoms with Crippen LogP contribution in [0, 0.1) is 5.41 Å². The molecule has 0 unspecified atom stereocenters. The molecule has 0 spiro atoms. The molecule has 2 N–H and O–H groups in total. The minimum atomic E-state index is -3.78. The van der Waals surface area contributed by atoms with E-state index in [0.717, 1.165) is 37.0 Å². The lowest BCUT2D eigenvalue weighted by atomic mass is 10.0. The summed E-state index contributed by atoms with van der Waals surface area (Å²) in [5.74, 6) is -1.32. The zero-order valence-corrected chi connectivity index (χ0v) is 12.2. The van der Waals surface area contributed by atoms with Gasteiger partial charge in [-0.25, -0.2) is 22.9 Å². The van der Waals surface area contributed by atoms with Crippen molar-refractivity contribution < 1.29 is 18.3 Å². The smallest absolute Gasteiger partial charge is 0.356 e. The van der Waals surface area contributed by atoms with E-state index in [4.69, 9.17) is 5.11 Å². The number of nitrogens with one attached hydrogen (secondary N) is 1. The minimum absolute atomic E-state index is 0.0793. The molecule has 1 saturated carbocycles. The number of sulfonamides is 1. The lowest BCUT2D eigenvalue weighted by Crippen LogP contribution is -2.30. The molecule has 19 heavy (non-hydrogen) atoms. The maximum atomic E-state index is 12.1. The SMILES string of the molecule is CCCC1(CNS(=O)(=O)c2scnc2C(=O)O)CC1. The second-order valence-electron chi connectivity index (χ2n) is 4.87. The molecule has 0 bridgehead atoms. The van der Waals surface area contributed by atoms with Gasteiger partial charge in [-0.1, -0.05) is 13.3 Å². The van der Waals surface area contributed by atoms with Gasteiger partial charge < -0.3 is 5.11 Å². The predicted octanol–water partition coefficient (Wildman–Crippen LogP) is 1.70. The van der Waals surface area contributed by atoms with Crippen LogP contribution in [0.25, 0.3) is 0 Å². The van der Waals surface area contributed by atoms with Crippen molar-refractivity contribution in [1.82, 2.24) is 9.71 Å². The molecular weight excluding hydrogens is 288 g/mol. The largest absolute Gasteiger partial charge is 0.476 e. The number of rotatable bonds is 7. The van der Waals surface area contributed by atoms with E-state index in [1.54, 1.807) is 0 Å². The number of thiazole rings is 1. The van der Waals surface area contributed by atoms with Gasteiger partial charge in [0.05, 0.1) is 5.51 Å². The van der Waals surface area contributed by atoms with Crippen LogP contribution < -0.4 is 4.72 Å². The number of carboxylic acid groups (broad SMARTS) is 1. The van der Waals surface area contributed by atoms with E-state index < -0.39 is 21.7 Å².